The van der Waals surface area contributed by atoms with Crippen LogP contribution in [0.4, 0.5) is 0 Å². The molecule has 0 saturated carbocycles. The quantitative estimate of drug-likeness (QED) is 0.509. The van der Waals surface area contributed by atoms with Crippen molar-refractivity contribution in [2.45, 2.75) is 6.42 Å². The van der Waals surface area contributed by atoms with Gasteiger partial charge in [-0.2, -0.15) is 0 Å². The van der Waals surface area contributed by atoms with Gasteiger partial charge in [-0.1, -0.05) is 6.08 Å². The van der Waals surface area contributed by atoms with E-state index in [9.17, 15) is 4.79 Å². The molecule has 0 amide bonds. The number of aliphatic hydroxyl groups is 1. The van der Waals surface area contributed by atoms with Crippen molar-refractivity contribution in [2.24, 2.45) is 11.8 Å². The number of methoxy groups -OCH3 is 1. The Morgan fingerprint density at radius 1 is 1.62 bits per heavy atom. The molecule has 0 spiro atoms. The average Bonchev–Trinajstić information content (AvgIpc) is 2.70. The predicted octanol–water partition coefficient (Wildman–Crippen LogP) is 0.628. The van der Waals surface area contributed by atoms with E-state index in [2.05, 4.69) is 0 Å². The zero-order valence-electron chi connectivity index (χ0n) is 9.18. The smallest absolute Gasteiger partial charge is 0.337 e. The Balaban J connectivity index is 0.00000128. The van der Waals surface area contributed by atoms with Gasteiger partial charge in [-0.05, 0) is 12.0 Å². The number of carbonyl (C=O) groups excluding carboxylic acids is 1. The van der Waals surface area contributed by atoms with E-state index in [-0.39, 0.29) is 68.5 Å². The summed E-state index contributed by atoms with van der Waals surface area (Å²) in [5.74, 6) is -0.0836. The first-order valence-corrected chi connectivity index (χ1v) is 4.97. The number of hydrogen-bond donors (Lipinski definition) is 1. The van der Waals surface area contributed by atoms with Crippen molar-refractivity contribution in [3.63, 3.8) is 0 Å². The van der Waals surface area contributed by atoms with Gasteiger partial charge in [0.25, 0.3) is 0 Å². The van der Waals surface area contributed by atoms with Crippen molar-refractivity contribution in [2.75, 3.05) is 20.3 Å². The zero-order valence-corrected chi connectivity index (χ0v) is 13.9. The molecule has 0 aromatic carbocycles. The van der Waals surface area contributed by atoms with Gasteiger partial charge in [0.05, 0.1) is 32.2 Å². The number of rotatable bonds is 2. The fourth-order valence-electron chi connectivity index (χ4n) is 2.25. The summed E-state index contributed by atoms with van der Waals surface area (Å²) in [4.78, 5) is 11.4. The molecule has 0 bridgehead atoms. The molecule has 1 N–H and O–H groups in total. The van der Waals surface area contributed by atoms with E-state index in [1.165, 1.54) is 13.4 Å². The number of fused-ring (bicyclic) bond motifs is 1. The summed E-state index contributed by atoms with van der Waals surface area (Å²) in [7, 11) is 1.36. The average molecular weight is 437 g/mol. The van der Waals surface area contributed by atoms with Gasteiger partial charge in [0.1, 0.15) is 0 Å². The summed E-state index contributed by atoms with van der Waals surface area (Å²) >= 11 is 0. The molecule has 0 saturated heterocycles. The molecule has 2 rings (SSSR count). The molecule has 1 radical (unpaired) electrons. The van der Waals surface area contributed by atoms with Gasteiger partial charge in [-0.15, -0.1) is 0 Å². The van der Waals surface area contributed by atoms with Crippen molar-refractivity contribution in [1.29, 1.82) is 0 Å². The number of aliphatic hydroxyl groups excluding tert-OH is 1. The minimum absolute atomic E-state index is 0. The summed E-state index contributed by atoms with van der Waals surface area (Å²) in [5.41, 5.74) is 1.54. The first-order chi connectivity index (χ1) is 7.27. The summed E-state index contributed by atoms with van der Waals surface area (Å²) in [6.07, 6.45) is 4.26. The molecule has 4 nitrogen and oxygen atoms in total. The molecular formula is C11H14AcO4. The maximum Gasteiger partial charge on any atom is 0.337 e. The second kappa shape index (κ2) is 6.18. The van der Waals surface area contributed by atoms with Crippen LogP contribution < -0.4 is 0 Å². The van der Waals surface area contributed by atoms with E-state index < -0.39 is 0 Å². The van der Waals surface area contributed by atoms with Crippen molar-refractivity contribution < 1.29 is 63.4 Å². The van der Waals surface area contributed by atoms with Gasteiger partial charge in [0, 0.05) is 55.9 Å². The Labute approximate surface area is 130 Å². The van der Waals surface area contributed by atoms with Crippen LogP contribution in [-0.4, -0.2) is 31.4 Å². The van der Waals surface area contributed by atoms with Crippen LogP contribution in [0.15, 0.2) is 23.5 Å². The van der Waals surface area contributed by atoms with E-state index >= 15 is 0 Å². The van der Waals surface area contributed by atoms with E-state index in [4.69, 9.17) is 14.6 Å². The minimum Gasteiger partial charge on any atom is -0.500 e. The van der Waals surface area contributed by atoms with Crippen LogP contribution in [0.25, 0.3) is 0 Å². The van der Waals surface area contributed by atoms with Crippen LogP contribution in [0.2, 0.25) is 0 Å². The number of esters is 1. The third-order valence-corrected chi connectivity index (χ3v) is 3.09. The van der Waals surface area contributed by atoms with Crippen LogP contribution in [0.5, 0.6) is 0 Å². The third kappa shape index (κ3) is 2.52. The van der Waals surface area contributed by atoms with Crippen molar-refractivity contribution in [3.05, 3.63) is 23.5 Å². The normalized spacial score (nSPS) is 26.9. The van der Waals surface area contributed by atoms with E-state index in [0.717, 1.165) is 12.0 Å². The van der Waals surface area contributed by atoms with Crippen LogP contribution in [-0.2, 0) is 14.3 Å². The molecule has 2 unspecified atom stereocenters. The van der Waals surface area contributed by atoms with Crippen LogP contribution >= 0.6 is 0 Å². The molecular weight excluding hydrogens is 423 g/mol. The third-order valence-electron chi connectivity index (χ3n) is 3.09. The monoisotopic (exact) mass is 437 g/mol. The van der Waals surface area contributed by atoms with Gasteiger partial charge in [0.2, 0.25) is 0 Å². The summed E-state index contributed by atoms with van der Waals surface area (Å²) in [6.45, 7) is 0.580. The number of hydrogen-bond acceptors (Lipinski definition) is 4. The number of ether oxygens (including phenoxy) is 2. The van der Waals surface area contributed by atoms with Gasteiger partial charge >= 0.3 is 5.97 Å². The minimum atomic E-state index is -0.336. The van der Waals surface area contributed by atoms with Crippen molar-refractivity contribution >= 4 is 5.97 Å². The molecule has 2 aliphatic rings. The SMILES string of the molecule is COC(=O)C1=COCC2C(CO)=CCC12.[Ac]. The number of allylic oxidation sites excluding steroid dienone is 1. The Hall–Kier alpha value is 0.152. The molecule has 1 aliphatic carbocycles. The molecule has 0 fully saturated rings. The fraction of sp³-hybridized carbons (Fsp3) is 0.545. The van der Waals surface area contributed by atoms with E-state index in [0.29, 0.717) is 12.2 Å². The molecule has 16 heavy (non-hydrogen) atoms. The molecule has 0 aromatic heterocycles. The predicted molar refractivity (Wildman–Crippen MR) is 52.8 cm³/mol. The fourth-order valence-corrected chi connectivity index (χ4v) is 2.25. The summed E-state index contributed by atoms with van der Waals surface area (Å²) in [6, 6.07) is 0. The second-order valence-corrected chi connectivity index (χ2v) is 3.78. The first-order valence-electron chi connectivity index (χ1n) is 4.97. The number of carbonyl (C=O) groups is 1. The van der Waals surface area contributed by atoms with Crippen molar-refractivity contribution in [1.82, 2.24) is 0 Å². The van der Waals surface area contributed by atoms with Crippen LogP contribution in [0, 0.1) is 55.9 Å². The standard InChI is InChI=1S/C11H14O4.Ac/c1-14-11(13)10-6-15-5-9-7(4-12)2-3-8(9)10;/h2,6,8-9,12H,3-5H2,1H3;. The molecule has 85 valence electrons. The van der Waals surface area contributed by atoms with Crippen molar-refractivity contribution in [3.8, 4) is 0 Å². The zero-order chi connectivity index (χ0) is 10.8. The van der Waals surface area contributed by atoms with Crippen LogP contribution in [0.3, 0.4) is 0 Å². The molecule has 2 atom stereocenters. The molecule has 1 heterocycles. The Kier molecular flexibility index (Phi) is 5.49. The first kappa shape index (κ1) is 14.2. The molecule has 5 heteroatoms. The topological polar surface area (TPSA) is 55.8 Å². The Bertz CT molecular complexity index is 335. The van der Waals surface area contributed by atoms with Gasteiger partial charge in [0.15, 0.2) is 0 Å². The molecule has 1 aliphatic heterocycles. The Morgan fingerprint density at radius 3 is 3.00 bits per heavy atom. The van der Waals surface area contributed by atoms with Gasteiger partial charge in [-0.25, -0.2) is 4.79 Å². The maximum atomic E-state index is 11.4. The second-order valence-electron chi connectivity index (χ2n) is 3.78. The largest absolute Gasteiger partial charge is 0.500 e. The van der Waals surface area contributed by atoms with E-state index in [1.807, 2.05) is 6.08 Å². The van der Waals surface area contributed by atoms with Crippen LogP contribution in [0.1, 0.15) is 6.42 Å². The summed E-state index contributed by atoms with van der Waals surface area (Å²) < 4.78 is 9.93. The van der Waals surface area contributed by atoms with Gasteiger partial charge < -0.3 is 14.6 Å². The van der Waals surface area contributed by atoms with E-state index in [1.54, 1.807) is 0 Å². The molecule has 0 aromatic rings. The Morgan fingerprint density at radius 2 is 2.38 bits per heavy atom. The van der Waals surface area contributed by atoms with Gasteiger partial charge in [-0.3, -0.25) is 0 Å². The maximum absolute atomic E-state index is 11.4. The summed E-state index contributed by atoms with van der Waals surface area (Å²) in [5, 5.41) is 9.13.